The SMILES string of the molecule is O=C(Cc1cn2ccsc2n1)Nc1ccc(N2CCOCC2)cc1. The van der Waals surface area contributed by atoms with Gasteiger partial charge in [-0.1, -0.05) is 0 Å². The molecule has 1 aromatic carbocycles. The zero-order chi connectivity index (χ0) is 16.4. The maximum absolute atomic E-state index is 12.2. The number of anilines is 2. The second-order valence-electron chi connectivity index (χ2n) is 5.70. The van der Waals surface area contributed by atoms with Gasteiger partial charge in [0.05, 0.1) is 25.3 Å². The smallest absolute Gasteiger partial charge is 0.230 e. The molecule has 7 heteroatoms. The fourth-order valence-corrected chi connectivity index (χ4v) is 3.53. The molecule has 0 spiro atoms. The number of benzene rings is 1. The summed E-state index contributed by atoms with van der Waals surface area (Å²) in [5.74, 6) is -0.0557. The lowest BCUT2D eigenvalue weighted by Crippen LogP contribution is -2.36. The van der Waals surface area contributed by atoms with Crippen molar-refractivity contribution in [2.75, 3.05) is 36.5 Å². The Labute approximate surface area is 143 Å². The highest BCUT2D eigenvalue weighted by Gasteiger charge is 2.12. The summed E-state index contributed by atoms with van der Waals surface area (Å²) in [7, 11) is 0. The van der Waals surface area contributed by atoms with E-state index >= 15 is 0 Å². The van der Waals surface area contributed by atoms with E-state index in [0.717, 1.165) is 48.3 Å². The van der Waals surface area contributed by atoms with E-state index < -0.39 is 0 Å². The largest absolute Gasteiger partial charge is 0.378 e. The van der Waals surface area contributed by atoms with Crippen molar-refractivity contribution in [3.63, 3.8) is 0 Å². The van der Waals surface area contributed by atoms with Gasteiger partial charge >= 0.3 is 0 Å². The fourth-order valence-electron chi connectivity index (χ4n) is 2.81. The molecule has 124 valence electrons. The number of fused-ring (bicyclic) bond motifs is 1. The third-order valence-electron chi connectivity index (χ3n) is 4.01. The highest BCUT2D eigenvalue weighted by Crippen LogP contribution is 2.19. The van der Waals surface area contributed by atoms with Crippen molar-refractivity contribution in [3.8, 4) is 0 Å². The average Bonchev–Trinajstić information content (AvgIpc) is 3.17. The lowest BCUT2D eigenvalue weighted by molar-refractivity contribution is -0.115. The second kappa shape index (κ2) is 6.62. The lowest BCUT2D eigenvalue weighted by atomic mass is 10.2. The summed E-state index contributed by atoms with van der Waals surface area (Å²) in [5, 5.41) is 4.90. The third-order valence-corrected chi connectivity index (χ3v) is 4.78. The number of ether oxygens (including phenoxy) is 1. The van der Waals surface area contributed by atoms with Gasteiger partial charge in [-0.05, 0) is 24.3 Å². The highest BCUT2D eigenvalue weighted by molar-refractivity contribution is 7.15. The summed E-state index contributed by atoms with van der Waals surface area (Å²) in [4.78, 5) is 19.8. The molecule has 0 aliphatic carbocycles. The number of carbonyl (C=O) groups excluding carboxylic acids is 1. The summed E-state index contributed by atoms with van der Waals surface area (Å²) in [6.07, 6.45) is 4.12. The number of nitrogens with zero attached hydrogens (tertiary/aromatic N) is 3. The van der Waals surface area contributed by atoms with Crippen LogP contribution in [0.2, 0.25) is 0 Å². The van der Waals surface area contributed by atoms with E-state index in [0.29, 0.717) is 0 Å². The Morgan fingerprint density at radius 1 is 1.25 bits per heavy atom. The van der Waals surface area contributed by atoms with Crippen LogP contribution in [0.4, 0.5) is 11.4 Å². The Morgan fingerprint density at radius 2 is 2.04 bits per heavy atom. The van der Waals surface area contributed by atoms with Gasteiger partial charge in [0.25, 0.3) is 0 Å². The first-order valence-electron chi connectivity index (χ1n) is 7.92. The molecule has 6 nitrogen and oxygen atoms in total. The second-order valence-corrected chi connectivity index (χ2v) is 6.57. The van der Waals surface area contributed by atoms with Crippen LogP contribution in [-0.2, 0) is 16.0 Å². The molecule has 0 radical (unpaired) electrons. The van der Waals surface area contributed by atoms with Crippen LogP contribution < -0.4 is 10.2 Å². The van der Waals surface area contributed by atoms with E-state index in [-0.39, 0.29) is 12.3 Å². The van der Waals surface area contributed by atoms with Crippen LogP contribution in [0.1, 0.15) is 5.69 Å². The number of hydrogen-bond donors (Lipinski definition) is 1. The molecule has 0 saturated carbocycles. The number of rotatable bonds is 4. The number of imidazole rings is 1. The number of hydrogen-bond acceptors (Lipinski definition) is 5. The van der Waals surface area contributed by atoms with E-state index in [2.05, 4.69) is 15.2 Å². The van der Waals surface area contributed by atoms with Crippen LogP contribution >= 0.6 is 11.3 Å². The first-order chi connectivity index (χ1) is 11.8. The van der Waals surface area contributed by atoms with Gasteiger partial charge in [0.15, 0.2) is 4.96 Å². The maximum Gasteiger partial charge on any atom is 0.230 e. The highest BCUT2D eigenvalue weighted by atomic mass is 32.1. The fraction of sp³-hybridized carbons (Fsp3) is 0.294. The Balaban J connectivity index is 1.37. The lowest BCUT2D eigenvalue weighted by Gasteiger charge is -2.28. The predicted octanol–water partition coefficient (Wildman–Crippen LogP) is 2.41. The molecule has 0 bridgehead atoms. The minimum absolute atomic E-state index is 0.0557. The molecule has 3 heterocycles. The normalized spacial score (nSPS) is 14.9. The van der Waals surface area contributed by atoms with E-state index in [1.807, 2.05) is 46.4 Å². The molecule has 1 N–H and O–H groups in total. The Bertz CT molecular complexity index is 805. The molecule has 2 aromatic heterocycles. The first-order valence-corrected chi connectivity index (χ1v) is 8.79. The van der Waals surface area contributed by atoms with Crippen molar-refractivity contribution in [1.29, 1.82) is 0 Å². The van der Waals surface area contributed by atoms with Crippen molar-refractivity contribution < 1.29 is 9.53 Å². The molecule has 1 aliphatic heterocycles. The van der Waals surface area contributed by atoms with E-state index in [4.69, 9.17) is 4.74 Å². The molecule has 0 atom stereocenters. The van der Waals surface area contributed by atoms with E-state index in [9.17, 15) is 4.79 Å². The van der Waals surface area contributed by atoms with Crippen molar-refractivity contribution in [3.05, 3.63) is 47.7 Å². The van der Waals surface area contributed by atoms with Crippen LogP contribution in [0.25, 0.3) is 4.96 Å². The standard InChI is InChI=1S/C17H18N4O2S/c22-16(11-14-12-21-7-10-24-17(21)19-14)18-13-1-3-15(4-2-13)20-5-8-23-9-6-20/h1-4,7,10,12H,5-6,8-9,11H2,(H,18,22). The van der Waals surface area contributed by atoms with E-state index in [1.54, 1.807) is 11.3 Å². The van der Waals surface area contributed by atoms with Crippen molar-refractivity contribution in [1.82, 2.24) is 9.38 Å². The average molecular weight is 342 g/mol. The number of aromatic nitrogens is 2. The number of amides is 1. The summed E-state index contributed by atoms with van der Waals surface area (Å²) in [6, 6.07) is 7.95. The van der Waals surface area contributed by atoms with Crippen LogP contribution in [0.5, 0.6) is 0 Å². The van der Waals surface area contributed by atoms with Gasteiger partial charge < -0.3 is 15.0 Å². The zero-order valence-corrected chi connectivity index (χ0v) is 14.0. The van der Waals surface area contributed by atoms with Gasteiger partial charge in [0, 0.05) is 42.2 Å². The molecule has 1 amide bonds. The number of thiazole rings is 1. The molecule has 3 aromatic rings. The molecule has 4 rings (SSSR count). The topological polar surface area (TPSA) is 58.9 Å². The molecular weight excluding hydrogens is 324 g/mol. The van der Waals surface area contributed by atoms with Crippen molar-refractivity contribution in [2.24, 2.45) is 0 Å². The molecule has 1 fully saturated rings. The van der Waals surface area contributed by atoms with Gasteiger partial charge in [0.1, 0.15) is 0 Å². The van der Waals surface area contributed by atoms with Gasteiger partial charge in [0.2, 0.25) is 5.91 Å². The Morgan fingerprint density at radius 3 is 2.79 bits per heavy atom. The summed E-state index contributed by atoms with van der Waals surface area (Å²) in [6.45, 7) is 3.34. The third kappa shape index (κ3) is 3.27. The number of carbonyl (C=O) groups is 1. The molecule has 24 heavy (non-hydrogen) atoms. The molecule has 1 saturated heterocycles. The van der Waals surface area contributed by atoms with Gasteiger partial charge in [-0.15, -0.1) is 11.3 Å². The quantitative estimate of drug-likeness (QED) is 0.791. The monoisotopic (exact) mass is 342 g/mol. The first kappa shape index (κ1) is 15.2. The minimum atomic E-state index is -0.0557. The number of morpholine rings is 1. The van der Waals surface area contributed by atoms with Crippen LogP contribution in [0.15, 0.2) is 42.0 Å². The number of nitrogens with one attached hydrogen (secondary N) is 1. The Kier molecular flexibility index (Phi) is 4.18. The zero-order valence-electron chi connectivity index (χ0n) is 13.1. The van der Waals surface area contributed by atoms with Crippen molar-refractivity contribution in [2.45, 2.75) is 6.42 Å². The van der Waals surface area contributed by atoms with Crippen molar-refractivity contribution >= 4 is 33.6 Å². The Hall–Kier alpha value is -2.38. The van der Waals surface area contributed by atoms with Gasteiger partial charge in [-0.3, -0.25) is 9.20 Å². The minimum Gasteiger partial charge on any atom is -0.378 e. The van der Waals surface area contributed by atoms with E-state index in [1.165, 1.54) is 0 Å². The molecule has 0 unspecified atom stereocenters. The predicted molar refractivity (Wildman–Crippen MR) is 94.9 cm³/mol. The van der Waals surface area contributed by atoms with Crippen LogP contribution in [-0.4, -0.2) is 41.6 Å². The molecule has 1 aliphatic rings. The summed E-state index contributed by atoms with van der Waals surface area (Å²) >= 11 is 1.56. The molecular formula is C17H18N4O2S. The summed E-state index contributed by atoms with van der Waals surface area (Å²) < 4.78 is 7.30. The summed E-state index contributed by atoms with van der Waals surface area (Å²) in [5.41, 5.74) is 2.74. The van der Waals surface area contributed by atoms with Gasteiger partial charge in [-0.25, -0.2) is 4.98 Å². The maximum atomic E-state index is 12.2. The van der Waals surface area contributed by atoms with Crippen LogP contribution in [0.3, 0.4) is 0 Å². The van der Waals surface area contributed by atoms with Gasteiger partial charge in [-0.2, -0.15) is 0 Å². The van der Waals surface area contributed by atoms with Crippen LogP contribution in [0, 0.1) is 0 Å².